The summed E-state index contributed by atoms with van der Waals surface area (Å²) >= 11 is 0. The van der Waals surface area contributed by atoms with E-state index in [2.05, 4.69) is 0 Å². The van der Waals surface area contributed by atoms with Crippen LogP contribution in [0.25, 0.3) is 0 Å². The molecule has 0 saturated carbocycles. The van der Waals surface area contributed by atoms with E-state index in [0.29, 0.717) is 18.8 Å². The molecule has 1 aromatic rings. The van der Waals surface area contributed by atoms with Gasteiger partial charge in [-0.15, -0.1) is 4.73 Å². The minimum Gasteiger partial charge on any atom is -0.614 e. The second-order valence-corrected chi connectivity index (χ2v) is 2.70. The molecule has 2 rings (SSSR count). The SMILES string of the molecule is O=[N+]([O-])c1cc2c(c[n+]1[O-])OCC2. The van der Waals surface area contributed by atoms with Gasteiger partial charge in [0.05, 0.1) is 12.7 Å². The second kappa shape index (κ2) is 2.58. The number of ether oxygens (including phenoxy) is 1. The number of hydrogen-bond donors (Lipinski definition) is 0. The van der Waals surface area contributed by atoms with Gasteiger partial charge in [0, 0.05) is 12.0 Å². The van der Waals surface area contributed by atoms with Crippen LogP contribution in [0.3, 0.4) is 0 Å². The van der Waals surface area contributed by atoms with Crippen molar-refractivity contribution in [2.45, 2.75) is 6.42 Å². The highest BCUT2D eigenvalue weighted by atomic mass is 16.6. The molecule has 0 amide bonds. The molecule has 0 radical (unpaired) electrons. The van der Waals surface area contributed by atoms with E-state index in [4.69, 9.17) is 4.74 Å². The molecule has 6 nitrogen and oxygen atoms in total. The minimum atomic E-state index is -0.703. The van der Waals surface area contributed by atoms with Crippen molar-refractivity contribution in [2.24, 2.45) is 0 Å². The Morgan fingerprint density at radius 2 is 2.38 bits per heavy atom. The summed E-state index contributed by atoms with van der Waals surface area (Å²) in [5, 5.41) is 21.4. The second-order valence-electron chi connectivity index (χ2n) is 2.70. The van der Waals surface area contributed by atoms with Crippen LogP contribution in [-0.2, 0) is 6.42 Å². The fourth-order valence-corrected chi connectivity index (χ4v) is 1.28. The molecule has 0 saturated heterocycles. The molecular formula is C7H6N2O4. The van der Waals surface area contributed by atoms with Crippen LogP contribution >= 0.6 is 0 Å². The van der Waals surface area contributed by atoms with Crippen molar-refractivity contribution in [2.75, 3.05) is 6.61 Å². The monoisotopic (exact) mass is 182 g/mol. The van der Waals surface area contributed by atoms with Crippen LogP contribution in [0, 0.1) is 15.3 Å². The maximum Gasteiger partial charge on any atom is 0.513 e. The summed E-state index contributed by atoms with van der Waals surface area (Å²) in [6.07, 6.45) is 1.72. The zero-order chi connectivity index (χ0) is 9.42. The van der Waals surface area contributed by atoms with E-state index in [9.17, 15) is 15.3 Å². The van der Waals surface area contributed by atoms with E-state index < -0.39 is 10.7 Å². The van der Waals surface area contributed by atoms with Crippen molar-refractivity contribution in [3.63, 3.8) is 0 Å². The summed E-state index contributed by atoms with van der Waals surface area (Å²) < 4.78 is 5.28. The maximum absolute atomic E-state index is 11.0. The average molecular weight is 182 g/mol. The first-order valence-corrected chi connectivity index (χ1v) is 3.72. The van der Waals surface area contributed by atoms with Gasteiger partial charge in [-0.3, -0.25) is 10.1 Å². The molecule has 1 aliphatic rings. The third-order valence-corrected chi connectivity index (χ3v) is 1.90. The fraction of sp³-hybridized carbons (Fsp3) is 0.286. The molecule has 0 unspecified atom stereocenters. The number of rotatable bonds is 1. The summed E-state index contributed by atoms with van der Waals surface area (Å²) in [4.78, 5) is 9.66. The van der Waals surface area contributed by atoms with Crippen LogP contribution in [0.5, 0.6) is 5.75 Å². The molecule has 0 spiro atoms. The maximum atomic E-state index is 11.0. The third-order valence-electron chi connectivity index (χ3n) is 1.90. The fourth-order valence-electron chi connectivity index (χ4n) is 1.28. The molecule has 0 atom stereocenters. The zero-order valence-corrected chi connectivity index (χ0v) is 6.60. The van der Waals surface area contributed by atoms with E-state index in [1.54, 1.807) is 0 Å². The van der Waals surface area contributed by atoms with Crippen molar-refractivity contribution >= 4 is 5.82 Å². The lowest BCUT2D eigenvalue weighted by atomic mass is 10.2. The van der Waals surface area contributed by atoms with Gasteiger partial charge < -0.3 is 9.94 Å². The van der Waals surface area contributed by atoms with Crippen molar-refractivity contribution in [3.05, 3.63) is 33.1 Å². The third kappa shape index (κ3) is 1.16. The average Bonchev–Trinajstić information content (AvgIpc) is 2.48. The van der Waals surface area contributed by atoms with Crippen molar-refractivity contribution in [1.82, 2.24) is 0 Å². The normalized spacial score (nSPS) is 13.5. The molecule has 1 aliphatic heterocycles. The predicted molar refractivity (Wildman–Crippen MR) is 41.3 cm³/mol. The summed E-state index contributed by atoms with van der Waals surface area (Å²) in [6.45, 7) is 0.483. The molecular weight excluding hydrogens is 176 g/mol. The number of pyridine rings is 1. The molecule has 1 aromatic heterocycles. The summed E-state index contributed by atoms with van der Waals surface area (Å²) in [5.74, 6) is -0.00940. The number of nitrogens with zero attached hydrogens (tertiary/aromatic N) is 2. The van der Waals surface area contributed by atoms with Crippen molar-refractivity contribution in [1.29, 1.82) is 0 Å². The van der Waals surface area contributed by atoms with E-state index in [1.165, 1.54) is 6.07 Å². The van der Waals surface area contributed by atoms with Crippen LogP contribution in [0.15, 0.2) is 12.3 Å². The topological polar surface area (TPSA) is 79.3 Å². The highest BCUT2D eigenvalue weighted by Crippen LogP contribution is 2.25. The first-order valence-electron chi connectivity index (χ1n) is 3.72. The van der Waals surface area contributed by atoms with Crippen LogP contribution in [0.4, 0.5) is 5.82 Å². The van der Waals surface area contributed by atoms with Crippen LogP contribution < -0.4 is 9.47 Å². The lowest BCUT2D eigenvalue weighted by Crippen LogP contribution is -2.29. The van der Waals surface area contributed by atoms with E-state index in [-0.39, 0.29) is 4.73 Å². The molecule has 0 fully saturated rings. The molecule has 0 aromatic carbocycles. The highest BCUT2D eigenvalue weighted by Gasteiger charge is 2.25. The first kappa shape index (κ1) is 7.78. The number of aromatic nitrogens is 1. The number of fused-ring (bicyclic) bond motifs is 1. The van der Waals surface area contributed by atoms with Gasteiger partial charge in [-0.25, -0.2) is 0 Å². The predicted octanol–water partition coefficient (Wildman–Crippen LogP) is 0.163. The highest BCUT2D eigenvalue weighted by molar-refractivity contribution is 5.36. The summed E-state index contributed by atoms with van der Waals surface area (Å²) in [5.41, 5.74) is 0.721. The lowest BCUT2D eigenvalue weighted by molar-refractivity contribution is -0.664. The summed E-state index contributed by atoms with van der Waals surface area (Å²) in [7, 11) is 0. The van der Waals surface area contributed by atoms with Crippen LogP contribution in [0.2, 0.25) is 0 Å². The smallest absolute Gasteiger partial charge is 0.513 e. The number of nitro groups is 1. The van der Waals surface area contributed by atoms with Gasteiger partial charge in [-0.2, -0.15) is 0 Å². The Labute approximate surface area is 73.1 Å². The van der Waals surface area contributed by atoms with E-state index in [1.807, 2.05) is 0 Å². The Morgan fingerprint density at radius 3 is 3.08 bits per heavy atom. The van der Waals surface area contributed by atoms with Gasteiger partial charge in [0.15, 0.2) is 5.75 Å². The van der Waals surface area contributed by atoms with E-state index in [0.717, 1.165) is 11.8 Å². The molecule has 68 valence electrons. The number of hydrogen-bond acceptors (Lipinski definition) is 4. The molecule has 0 N–H and O–H groups in total. The van der Waals surface area contributed by atoms with Gasteiger partial charge in [0.2, 0.25) is 6.20 Å². The Kier molecular flexibility index (Phi) is 1.54. The Hall–Kier alpha value is -1.85. The first-order chi connectivity index (χ1) is 6.18. The van der Waals surface area contributed by atoms with E-state index >= 15 is 0 Å². The van der Waals surface area contributed by atoms with Crippen molar-refractivity contribution in [3.8, 4) is 5.75 Å². The Morgan fingerprint density at radius 1 is 1.62 bits per heavy atom. The van der Waals surface area contributed by atoms with Gasteiger partial charge in [-0.1, -0.05) is 0 Å². The van der Waals surface area contributed by atoms with Crippen LogP contribution in [-0.4, -0.2) is 11.5 Å². The zero-order valence-electron chi connectivity index (χ0n) is 6.60. The Bertz CT molecular complexity index is 377. The summed E-state index contributed by atoms with van der Waals surface area (Å²) in [6, 6.07) is 1.26. The molecule has 0 aliphatic carbocycles. The van der Waals surface area contributed by atoms with Gasteiger partial charge in [0.25, 0.3) is 0 Å². The van der Waals surface area contributed by atoms with Gasteiger partial charge in [0.1, 0.15) is 4.92 Å². The molecule has 13 heavy (non-hydrogen) atoms. The van der Waals surface area contributed by atoms with Crippen molar-refractivity contribution < 1.29 is 14.4 Å². The quantitative estimate of drug-likeness (QED) is 0.268. The molecule has 0 bridgehead atoms. The van der Waals surface area contributed by atoms with Crippen LogP contribution in [0.1, 0.15) is 5.56 Å². The molecule has 2 heterocycles. The largest absolute Gasteiger partial charge is 0.614 e. The van der Waals surface area contributed by atoms with Gasteiger partial charge in [-0.05, 0) is 0 Å². The standard InChI is InChI=1S/C7H6N2O4/c10-8-4-6-5(1-2-13-6)3-7(8)9(11)12/h3-4H,1-2H2. The van der Waals surface area contributed by atoms with Gasteiger partial charge >= 0.3 is 5.82 Å². The molecule has 6 heteroatoms. The Balaban J connectivity index is 2.55. The minimum absolute atomic E-state index is 0.212. The lowest BCUT2D eigenvalue weighted by Gasteiger charge is -1.99.